The largest absolute Gasteiger partial charge is 0.304 e. The van der Waals surface area contributed by atoms with Crippen LogP contribution in [0, 0.1) is 0 Å². The van der Waals surface area contributed by atoms with E-state index in [2.05, 4.69) is 34.8 Å². The summed E-state index contributed by atoms with van der Waals surface area (Å²) in [6, 6.07) is 7.97. The molecule has 0 radical (unpaired) electrons. The van der Waals surface area contributed by atoms with Crippen LogP contribution in [0.5, 0.6) is 0 Å². The lowest BCUT2D eigenvalue weighted by molar-refractivity contribution is 0.396. The number of hydrogen-bond acceptors (Lipinski definition) is 3. The van der Waals surface area contributed by atoms with E-state index in [1.54, 1.807) is 11.3 Å². The van der Waals surface area contributed by atoms with Crippen molar-refractivity contribution in [3.05, 3.63) is 46.6 Å². The molecule has 0 spiro atoms. The molecular formula is C14H14ClN3S. The Morgan fingerprint density at radius 1 is 1.32 bits per heavy atom. The minimum Gasteiger partial charge on any atom is -0.304 e. The maximum absolute atomic E-state index is 6.25. The molecule has 3 rings (SSSR count). The van der Waals surface area contributed by atoms with E-state index in [1.165, 1.54) is 10.6 Å². The third kappa shape index (κ3) is 2.27. The molecule has 3 nitrogen and oxygen atoms in total. The van der Waals surface area contributed by atoms with Crippen molar-refractivity contribution in [1.82, 2.24) is 14.3 Å². The van der Waals surface area contributed by atoms with E-state index in [9.17, 15) is 0 Å². The summed E-state index contributed by atoms with van der Waals surface area (Å²) in [6.45, 7) is 0.828. The zero-order chi connectivity index (χ0) is 13.4. The van der Waals surface area contributed by atoms with Crippen LogP contribution in [-0.2, 0) is 6.54 Å². The molecule has 0 atom stereocenters. The fraction of sp³-hybridized carbons (Fsp3) is 0.214. The molecular weight excluding hydrogens is 278 g/mol. The molecule has 3 heterocycles. The van der Waals surface area contributed by atoms with Gasteiger partial charge in [-0.3, -0.25) is 0 Å². The first-order valence-electron chi connectivity index (χ1n) is 6.01. The van der Waals surface area contributed by atoms with Gasteiger partial charge in [0.2, 0.25) is 0 Å². The van der Waals surface area contributed by atoms with E-state index in [0.29, 0.717) is 5.02 Å². The summed E-state index contributed by atoms with van der Waals surface area (Å²) in [7, 11) is 4.12. The van der Waals surface area contributed by atoms with Gasteiger partial charge in [-0.15, -0.1) is 11.3 Å². The Bertz CT molecular complexity index is 701. The third-order valence-electron chi connectivity index (χ3n) is 2.92. The SMILES string of the molecule is CN(C)Cc1c(-c2cccs2)nc2c(Cl)cccn12. The topological polar surface area (TPSA) is 20.5 Å². The molecule has 0 aliphatic heterocycles. The fourth-order valence-corrected chi connectivity index (χ4v) is 3.09. The molecule has 3 aromatic heterocycles. The average molecular weight is 292 g/mol. The Kier molecular flexibility index (Phi) is 3.31. The van der Waals surface area contributed by atoms with Gasteiger partial charge in [0.25, 0.3) is 0 Å². The smallest absolute Gasteiger partial charge is 0.156 e. The molecule has 0 aromatic carbocycles. The highest BCUT2D eigenvalue weighted by Crippen LogP contribution is 2.30. The molecule has 98 valence electrons. The number of rotatable bonds is 3. The maximum atomic E-state index is 6.25. The quantitative estimate of drug-likeness (QED) is 0.732. The predicted octanol–water partition coefficient (Wildman–Crippen LogP) is 3.78. The minimum absolute atomic E-state index is 0.685. The summed E-state index contributed by atoms with van der Waals surface area (Å²) < 4.78 is 2.08. The van der Waals surface area contributed by atoms with Crippen LogP contribution in [0.1, 0.15) is 5.69 Å². The number of pyridine rings is 1. The van der Waals surface area contributed by atoms with Crippen molar-refractivity contribution < 1.29 is 0 Å². The summed E-state index contributed by atoms with van der Waals surface area (Å²) in [5.74, 6) is 0. The Hall–Kier alpha value is -1.36. The van der Waals surface area contributed by atoms with Gasteiger partial charge in [0.05, 0.1) is 15.6 Å². The van der Waals surface area contributed by atoms with E-state index in [0.717, 1.165) is 17.9 Å². The highest BCUT2D eigenvalue weighted by atomic mass is 35.5. The standard InChI is InChI=1S/C14H14ClN3S/c1-17(2)9-11-13(12-6-4-8-19-12)16-14-10(15)5-3-7-18(11)14/h3-8H,9H2,1-2H3. The second kappa shape index (κ2) is 4.96. The molecule has 0 fully saturated rings. The normalized spacial score (nSPS) is 11.6. The number of aromatic nitrogens is 2. The molecule has 0 N–H and O–H groups in total. The molecule has 3 aromatic rings. The minimum atomic E-state index is 0.685. The molecule has 0 aliphatic rings. The highest BCUT2D eigenvalue weighted by molar-refractivity contribution is 7.13. The Morgan fingerprint density at radius 2 is 2.16 bits per heavy atom. The average Bonchev–Trinajstić information content (AvgIpc) is 2.97. The van der Waals surface area contributed by atoms with Gasteiger partial charge in [-0.05, 0) is 37.7 Å². The monoisotopic (exact) mass is 291 g/mol. The summed E-state index contributed by atoms with van der Waals surface area (Å²) in [5, 5.41) is 2.76. The zero-order valence-corrected chi connectivity index (χ0v) is 12.4. The van der Waals surface area contributed by atoms with Gasteiger partial charge >= 0.3 is 0 Å². The van der Waals surface area contributed by atoms with Crippen LogP contribution in [-0.4, -0.2) is 28.4 Å². The summed E-state index contributed by atoms with van der Waals surface area (Å²) in [6.07, 6.45) is 2.02. The van der Waals surface area contributed by atoms with Crippen molar-refractivity contribution in [2.45, 2.75) is 6.54 Å². The van der Waals surface area contributed by atoms with Crippen molar-refractivity contribution in [3.8, 4) is 10.6 Å². The number of thiophene rings is 1. The van der Waals surface area contributed by atoms with E-state index in [1.807, 2.05) is 24.4 Å². The molecule has 19 heavy (non-hydrogen) atoms. The zero-order valence-electron chi connectivity index (χ0n) is 10.8. The maximum Gasteiger partial charge on any atom is 0.156 e. The van der Waals surface area contributed by atoms with Crippen molar-refractivity contribution in [1.29, 1.82) is 0 Å². The molecule has 0 saturated heterocycles. The summed E-state index contributed by atoms with van der Waals surface area (Å²) >= 11 is 7.95. The molecule has 0 bridgehead atoms. The second-order valence-corrected chi connectivity index (χ2v) is 6.03. The lowest BCUT2D eigenvalue weighted by atomic mass is 10.2. The van der Waals surface area contributed by atoms with Crippen LogP contribution in [0.25, 0.3) is 16.2 Å². The number of nitrogens with zero attached hydrogens (tertiary/aromatic N) is 3. The van der Waals surface area contributed by atoms with Crippen LogP contribution in [0.4, 0.5) is 0 Å². The first kappa shape index (κ1) is 12.7. The van der Waals surface area contributed by atoms with Gasteiger partial charge in [0, 0.05) is 12.7 Å². The van der Waals surface area contributed by atoms with Gasteiger partial charge in [0.1, 0.15) is 5.69 Å². The third-order valence-corrected chi connectivity index (χ3v) is 4.09. The molecule has 0 amide bonds. The number of hydrogen-bond donors (Lipinski definition) is 0. The van der Waals surface area contributed by atoms with Gasteiger partial charge in [-0.2, -0.15) is 0 Å². The Balaban J connectivity index is 2.28. The molecule has 5 heteroatoms. The van der Waals surface area contributed by atoms with Crippen molar-refractivity contribution in [2.24, 2.45) is 0 Å². The molecule has 0 saturated carbocycles. The van der Waals surface area contributed by atoms with Gasteiger partial charge in [-0.1, -0.05) is 17.7 Å². The molecule has 0 aliphatic carbocycles. The number of fused-ring (bicyclic) bond motifs is 1. The van der Waals surface area contributed by atoms with E-state index >= 15 is 0 Å². The van der Waals surface area contributed by atoms with Crippen LogP contribution in [0.3, 0.4) is 0 Å². The van der Waals surface area contributed by atoms with Crippen LogP contribution in [0.15, 0.2) is 35.8 Å². The first-order valence-corrected chi connectivity index (χ1v) is 7.26. The van der Waals surface area contributed by atoms with Crippen molar-refractivity contribution in [3.63, 3.8) is 0 Å². The number of halogens is 1. The van der Waals surface area contributed by atoms with Crippen molar-refractivity contribution in [2.75, 3.05) is 14.1 Å². The highest BCUT2D eigenvalue weighted by Gasteiger charge is 2.16. The lowest BCUT2D eigenvalue weighted by Gasteiger charge is -2.10. The van der Waals surface area contributed by atoms with Crippen molar-refractivity contribution >= 4 is 28.6 Å². The van der Waals surface area contributed by atoms with Gasteiger partial charge in [0.15, 0.2) is 5.65 Å². The Labute approximate surface area is 121 Å². The van der Waals surface area contributed by atoms with Crippen LogP contribution >= 0.6 is 22.9 Å². The number of imidazole rings is 1. The Morgan fingerprint density at radius 3 is 2.84 bits per heavy atom. The van der Waals surface area contributed by atoms with E-state index < -0.39 is 0 Å². The van der Waals surface area contributed by atoms with Gasteiger partial charge in [-0.25, -0.2) is 4.98 Å². The predicted molar refractivity (Wildman–Crippen MR) is 80.9 cm³/mol. The summed E-state index contributed by atoms with van der Waals surface area (Å²) in [4.78, 5) is 8.04. The van der Waals surface area contributed by atoms with Crippen LogP contribution < -0.4 is 0 Å². The van der Waals surface area contributed by atoms with E-state index in [4.69, 9.17) is 16.6 Å². The van der Waals surface area contributed by atoms with Crippen LogP contribution in [0.2, 0.25) is 5.02 Å². The summed E-state index contributed by atoms with van der Waals surface area (Å²) in [5.41, 5.74) is 3.02. The van der Waals surface area contributed by atoms with Gasteiger partial charge < -0.3 is 9.30 Å². The lowest BCUT2D eigenvalue weighted by Crippen LogP contribution is -2.13. The molecule has 0 unspecified atom stereocenters. The fourth-order valence-electron chi connectivity index (χ4n) is 2.14. The van der Waals surface area contributed by atoms with E-state index in [-0.39, 0.29) is 0 Å². The first-order chi connectivity index (χ1) is 9.16. The second-order valence-electron chi connectivity index (χ2n) is 4.67.